The number of hydrogen-bond donors (Lipinski definition) is 0. The Bertz CT molecular complexity index is 813. The molecule has 0 aliphatic heterocycles. The van der Waals surface area contributed by atoms with Crippen LogP contribution < -0.4 is 0 Å². The van der Waals surface area contributed by atoms with Crippen molar-refractivity contribution < 1.29 is 19.1 Å². The van der Waals surface area contributed by atoms with E-state index < -0.39 is 0 Å². The van der Waals surface area contributed by atoms with Gasteiger partial charge in [-0.15, -0.1) is 0 Å². The van der Waals surface area contributed by atoms with E-state index in [0.29, 0.717) is 24.3 Å². The van der Waals surface area contributed by atoms with Gasteiger partial charge in [-0.25, -0.2) is 9.59 Å². The number of carbonyl (C=O) groups excluding carboxylic acids is 2. The lowest BCUT2D eigenvalue weighted by Crippen LogP contribution is -2.05. The Labute approximate surface area is 154 Å². The molecule has 0 aromatic heterocycles. The van der Waals surface area contributed by atoms with Crippen LogP contribution in [0.25, 0.3) is 0 Å². The van der Waals surface area contributed by atoms with E-state index in [0.717, 1.165) is 22.3 Å². The van der Waals surface area contributed by atoms with Gasteiger partial charge < -0.3 is 9.47 Å². The monoisotopic (exact) mass is 350 g/mol. The smallest absolute Gasteiger partial charge is 0.338 e. The third kappa shape index (κ3) is 4.73. The van der Waals surface area contributed by atoms with Crippen LogP contribution in [0, 0.1) is 25.7 Å². The van der Waals surface area contributed by atoms with Crippen LogP contribution >= 0.6 is 0 Å². The minimum atomic E-state index is -0.365. The Balaban J connectivity index is 2.37. The number of aryl methyl sites for hydroxylation is 2. The first-order valence-corrected chi connectivity index (χ1v) is 8.53. The fourth-order valence-corrected chi connectivity index (χ4v) is 2.33. The fourth-order valence-electron chi connectivity index (χ4n) is 2.33. The molecule has 134 valence electrons. The van der Waals surface area contributed by atoms with E-state index in [-0.39, 0.29) is 11.9 Å². The third-order valence-electron chi connectivity index (χ3n) is 3.83. The molecule has 0 heterocycles. The lowest BCUT2D eigenvalue weighted by atomic mass is 10.0. The van der Waals surface area contributed by atoms with Gasteiger partial charge in [0, 0.05) is 11.1 Å². The lowest BCUT2D eigenvalue weighted by molar-refractivity contribution is 0.0516. The van der Waals surface area contributed by atoms with Crippen LogP contribution in [0.4, 0.5) is 0 Å². The first kappa shape index (κ1) is 19.3. The molecule has 0 atom stereocenters. The first-order chi connectivity index (χ1) is 12.5. The second-order valence-electron chi connectivity index (χ2n) is 5.75. The number of rotatable bonds is 4. The summed E-state index contributed by atoms with van der Waals surface area (Å²) in [6.07, 6.45) is 0. The summed E-state index contributed by atoms with van der Waals surface area (Å²) in [5.74, 6) is 5.46. The summed E-state index contributed by atoms with van der Waals surface area (Å²) in [6, 6.07) is 10.6. The predicted octanol–water partition coefficient (Wildman–Crippen LogP) is 4.06. The summed E-state index contributed by atoms with van der Waals surface area (Å²) in [5, 5.41) is 0. The molecule has 0 aliphatic rings. The number of hydrogen-bond acceptors (Lipinski definition) is 4. The molecule has 2 aromatic rings. The number of carbonyl (C=O) groups is 2. The molecule has 4 nitrogen and oxygen atoms in total. The maximum absolute atomic E-state index is 11.9. The van der Waals surface area contributed by atoms with Gasteiger partial charge in [0.25, 0.3) is 0 Å². The maximum Gasteiger partial charge on any atom is 0.338 e. The largest absolute Gasteiger partial charge is 0.462 e. The lowest BCUT2D eigenvalue weighted by Gasteiger charge is -2.05. The highest BCUT2D eigenvalue weighted by Crippen LogP contribution is 2.14. The zero-order chi connectivity index (χ0) is 19.1. The Morgan fingerprint density at radius 1 is 0.769 bits per heavy atom. The minimum Gasteiger partial charge on any atom is -0.462 e. The van der Waals surface area contributed by atoms with E-state index in [1.165, 1.54) is 0 Å². The zero-order valence-corrected chi connectivity index (χ0v) is 15.5. The third-order valence-corrected chi connectivity index (χ3v) is 3.83. The summed E-state index contributed by atoms with van der Waals surface area (Å²) < 4.78 is 10.1. The molecule has 0 amide bonds. The highest BCUT2D eigenvalue weighted by Gasteiger charge is 2.09. The molecule has 0 aliphatic carbocycles. The van der Waals surface area contributed by atoms with Gasteiger partial charge in [0.2, 0.25) is 0 Å². The van der Waals surface area contributed by atoms with Crippen LogP contribution in [0.15, 0.2) is 36.4 Å². The molecule has 2 rings (SSSR count). The van der Waals surface area contributed by atoms with Gasteiger partial charge in [-0.3, -0.25) is 0 Å². The van der Waals surface area contributed by atoms with Gasteiger partial charge in [-0.05, 0) is 63.1 Å². The van der Waals surface area contributed by atoms with Crippen LogP contribution in [0.3, 0.4) is 0 Å². The molecule has 0 saturated carbocycles. The van der Waals surface area contributed by atoms with Crippen molar-refractivity contribution in [1.29, 1.82) is 0 Å². The molecule has 0 bridgehead atoms. The number of ether oxygens (including phenoxy) is 2. The van der Waals surface area contributed by atoms with Crippen molar-refractivity contribution in [2.24, 2.45) is 0 Å². The Morgan fingerprint density at radius 3 is 1.50 bits per heavy atom. The van der Waals surface area contributed by atoms with Crippen LogP contribution in [-0.2, 0) is 9.47 Å². The van der Waals surface area contributed by atoms with Crippen molar-refractivity contribution in [2.45, 2.75) is 27.7 Å². The minimum absolute atomic E-state index is 0.327. The molecular formula is C22H22O4. The Hall–Kier alpha value is -3.06. The van der Waals surface area contributed by atoms with Gasteiger partial charge in [0.05, 0.1) is 24.3 Å². The van der Waals surface area contributed by atoms with Crippen molar-refractivity contribution in [3.8, 4) is 11.8 Å². The average Bonchev–Trinajstić information content (AvgIpc) is 2.62. The van der Waals surface area contributed by atoms with Gasteiger partial charge in [0.1, 0.15) is 0 Å². The van der Waals surface area contributed by atoms with Crippen LogP contribution in [0.2, 0.25) is 0 Å². The summed E-state index contributed by atoms with van der Waals surface area (Å²) in [5.41, 5.74) is 4.36. The molecule has 0 radical (unpaired) electrons. The zero-order valence-electron chi connectivity index (χ0n) is 15.5. The van der Waals surface area contributed by atoms with Crippen LogP contribution in [-0.4, -0.2) is 25.2 Å². The van der Waals surface area contributed by atoms with Crippen LogP contribution in [0.5, 0.6) is 0 Å². The van der Waals surface area contributed by atoms with Crippen molar-refractivity contribution in [1.82, 2.24) is 0 Å². The van der Waals surface area contributed by atoms with E-state index in [4.69, 9.17) is 9.47 Å². The first-order valence-electron chi connectivity index (χ1n) is 8.53. The molecule has 2 aromatic carbocycles. The summed E-state index contributed by atoms with van der Waals surface area (Å²) in [7, 11) is 0. The Morgan fingerprint density at radius 2 is 1.15 bits per heavy atom. The second kappa shape index (κ2) is 8.87. The van der Waals surface area contributed by atoms with E-state index in [1.807, 2.05) is 26.0 Å². The van der Waals surface area contributed by atoms with Crippen molar-refractivity contribution >= 4 is 11.9 Å². The van der Waals surface area contributed by atoms with Crippen molar-refractivity contribution in [2.75, 3.05) is 13.2 Å². The molecule has 0 spiro atoms. The maximum atomic E-state index is 11.9. The van der Waals surface area contributed by atoms with Crippen molar-refractivity contribution in [3.05, 3.63) is 69.8 Å². The molecule has 4 heteroatoms. The Kier molecular flexibility index (Phi) is 6.57. The number of esters is 2. The van der Waals surface area contributed by atoms with E-state index in [2.05, 4.69) is 11.8 Å². The van der Waals surface area contributed by atoms with E-state index in [1.54, 1.807) is 38.1 Å². The van der Waals surface area contributed by atoms with Crippen LogP contribution in [0.1, 0.15) is 56.8 Å². The molecule has 0 N–H and O–H groups in total. The second-order valence-corrected chi connectivity index (χ2v) is 5.75. The quantitative estimate of drug-likeness (QED) is 0.616. The van der Waals surface area contributed by atoms with E-state index in [9.17, 15) is 9.59 Å². The standard InChI is InChI=1S/C22H22O4/c1-5-25-21(23)19-9-7-15(3)17(13-19)11-12-18-14-20(10-8-16(18)4)22(24)26-6-2/h7-10,13-14H,5-6H2,1-4H3. The normalized spacial score (nSPS) is 9.85. The van der Waals surface area contributed by atoms with Gasteiger partial charge in [0.15, 0.2) is 0 Å². The van der Waals surface area contributed by atoms with Gasteiger partial charge >= 0.3 is 11.9 Å². The van der Waals surface area contributed by atoms with Crippen molar-refractivity contribution in [3.63, 3.8) is 0 Å². The summed E-state index contributed by atoms with van der Waals surface area (Å²) in [4.78, 5) is 23.8. The van der Waals surface area contributed by atoms with Gasteiger partial charge in [-0.1, -0.05) is 24.0 Å². The SMILES string of the molecule is CCOC(=O)c1ccc(C)c(C#Cc2cc(C(=O)OCC)ccc2C)c1. The predicted molar refractivity (Wildman–Crippen MR) is 100 cm³/mol. The summed E-state index contributed by atoms with van der Waals surface area (Å²) in [6.45, 7) is 8.06. The molecule has 0 saturated heterocycles. The molecular weight excluding hydrogens is 328 g/mol. The summed E-state index contributed by atoms with van der Waals surface area (Å²) >= 11 is 0. The number of benzene rings is 2. The van der Waals surface area contributed by atoms with E-state index >= 15 is 0 Å². The molecule has 0 unspecified atom stereocenters. The topological polar surface area (TPSA) is 52.6 Å². The molecule has 0 fully saturated rings. The average molecular weight is 350 g/mol. The van der Waals surface area contributed by atoms with Gasteiger partial charge in [-0.2, -0.15) is 0 Å². The fraction of sp³-hybridized carbons (Fsp3) is 0.273. The highest BCUT2D eigenvalue weighted by atomic mass is 16.5. The molecule has 26 heavy (non-hydrogen) atoms. The highest BCUT2D eigenvalue weighted by molar-refractivity contribution is 5.90.